The molecule has 2 bridgehead atoms. The second kappa shape index (κ2) is 10.9. The summed E-state index contributed by atoms with van der Waals surface area (Å²) in [4.78, 5) is 50.5. The van der Waals surface area contributed by atoms with Crippen molar-refractivity contribution in [3.63, 3.8) is 0 Å². The van der Waals surface area contributed by atoms with Crippen molar-refractivity contribution in [2.75, 3.05) is 39.3 Å². The van der Waals surface area contributed by atoms with Gasteiger partial charge in [-0.25, -0.2) is 4.98 Å². The van der Waals surface area contributed by atoms with Gasteiger partial charge in [0.15, 0.2) is 0 Å². The predicted molar refractivity (Wildman–Crippen MR) is 138 cm³/mol. The van der Waals surface area contributed by atoms with Gasteiger partial charge in [-0.1, -0.05) is 32.0 Å². The first-order valence-electron chi connectivity index (χ1n) is 13.2. The number of hydrogen-bond donors (Lipinski definition) is 1. The minimum Gasteiger partial charge on any atom is -0.475 e. The zero-order chi connectivity index (χ0) is 25.9. The number of carbonyl (C=O) groups is 3. The number of hydrogen-bond acceptors (Lipinski definition) is 6. The van der Waals surface area contributed by atoms with Crippen LogP contribution in [0.4, 0.5) is 0 Å². The fourth-order valence-electron chi connectivity index (χ4n) is 5.48. The van der Waals surface area contributed by atoms with E-state index in [2.05, 4.69) is 29.0 Å². The number of nitrogens with zero attached hydrogens (tertiary/aromatic N) is 4. The highest BCUT2D eigenvalue weighted by Gasteiger charge is 2.43. The van der Waals surface area contributed by atoms with Crippen LogP contribution in [0.15, 0.2) is 48.7 Å². The maximum absolute atomic E-state index is 14.0. The Morgan fingerprint density at radius 3 is 2.70 bits per heavy atom. The highest BCUT2D eigenvalue weighted by atomic mass is 16.5. The summed E-state index contributed by atoms with van der Waals surface area (Å²) in [6, 6.07) is 11.8. The zero-order valence-corrected chi connectivity index (χ0v) is 21.5. The Hall–Kier alpha value is -3.46. The molecule has 37 heavy (non-hydrogen) atoms. The first-order chi connectivity index (χ1) is 17.9. The highest BCUT2D eigenvalue weighted by Crippen LogP contribution is 2.26. The van der Waals surface area contributed by atoms with Crippen molar-refractivity contribution in [3.05, 3.63) is 59.8 Å². The number of amides is 3. The summed E-state index contributed by atoms with van der Waals surface area (Å²) in [5, 5.41) is 3.11. The molecule has 1 N–H and O–H groups in total. The lowest BCUT2D eigenvalue weighted by Gasteiger charge is -2.43. The molecule has 196 valence electrons. The fraction of sp³-hybridized carbons (Fsp3) is 0.500. The third kappa shape index (κ3) is 5.46. The third-order valence-electron chi connectivity index (χ3n) is 7.52. The summed E-state index contributed by atoms with van der Waals surface area (Å²) in [7, 11) is 0. The molecule has 2 aromatic rings. The number of carbonyl (C=O) groups excluding carboxylic acids is 3. The van der Waals surface area contributed by atoms with Crippen LogP contribution in [0.3, 0.4) is 0 Å². The Labute approximate surface area is 217 Å². The highest BCUT2D eigenvalue weighted by molar-refractivity contribution is 5.97. The molecule has 9 heteroatoms. The van der Waals surface area contributed by atoms with Gasteiger partial charge in [0, 0.05) is 44.0 Å². The van der Waals surface area contributed by atoms with Crippen molar-refractivity contribution in [1.82, 2.24) is 25.0 Å². The molecule has 3 aliphatic rings. The van der Waals surface area contributed by atoms with Crippen molar-refractivity contribution < 1.29 is 19.1 Å². The van der Waals surface area contributed by atoms with E-state index in [-0.39, 0.29) is 48.3 Å². The van der Waals surface area contributed by atoms with Crippen molar-refractivity contribution in [2.24, 2.45) is 5.92 Å². The standard InChI is InChI=1S/C28H35N5O4/c1-19(2)10-12-31-16-21-15-24(31)28(36)33-14-13-32(27(35)20-7-4-3-5-8-20)17-22(33)18-37-26-23(25(34)30-21)9-6-11-29-26/h3-9,11,19,21-22,24H,10,12-18H2,1-2H3,(H,30,34)/t21-,22+,24+/m1/s1. The summed E-state index contributed by atoms with van der Waals surface area (Å²) >= 11 is 0. The lowest BCUT2D eigenvalue weighted by atomic mass is 10.1. The van der Waals surface area contributed by atoms with Crippen molar-refractivity contribution in [1.29, 1.82) is 0 Å². The number of fused-ring (bicyclic) bond motifs is 4. The number of aromatic nitrogens is 1. The second-order valence-corrected chi connectivity index (χ2v) is 10.6. The number of nitrogens with one attached hydrogen (secondary N) is 1. The Balaban J connectivity index is 1.44. The number of likely N-dealkylation sites (tertiary alicyclic amines) is 1. The molecular weight excluding hydrogens is 470 g/mol. The van der Waals surface area contributed by atoms with Crippen LogP contribution in [0.1, 0.15) is 47.4 Å². The van der Waals surface area contributed by atoms with Gasteiger partial charge in [0.25, 0.3) is 11.8 Å². The number of ether oxygens (including phenoxy) is 1. The number of pyridine rings is 1. The van der Waals surface area contributed by atoms with Crippen LogP contribution in [-0.2, 0) is 4.79 Å². The molecule has 0 aliphatic carbocycles. The van der Waals surface area contributed by atoms with Gasteiger partial charge in [-0.2, -0.15) is 0 Å². The number of benzene rings is 1. The molecular formula is C28H35N5O4. The lowest BCUT2D eigenvalue weighted by Crippen LogP contribution is -2.61. The van der Waals surface area contributed by atoms with E-state index in [1.165, 1.54) is 0 Å². The Morgan fingerprint density at radius 1 is 1.11 bits per heavy atom. The van der Waals surface area contributed by atoms with Gasteiger partial charge in [-0.3, -0.25) is 19.3 Å². The van der Waals surface area contributed by atoms with Gasteiger partial charge < -0.3 is 19.9 Å². The number of piperazine rings is 1. The number of rotatable bonds is 4. The first kappa shape index (κ1) is 25.2. The minimum absolute atomic E-state index is 0.0442. The van der Waals surface area contributed by atoms with Crippen LogP contribution >= 0.6 is 0 Å². The second-order valence-electron chi connectivity index (χ2n) is 10.6. The molecule has 1 aromatic carbocycles. The Bertz CT molecular complexity index is 1140. The third-order valence-corrected chi connectivity index (χ3v) is 7.52. The molecule has 0 saturated carbocycles. The van der Waals surface area contributed by atoms with Crippen molar-refractivity contribution >= 4 is 17.7 Å². The van der Waals surface area contributed by atoms with E-state index in [1.807, 2.05) is 23.1 Å². The SMILES string of the molecule is CC(C)CCN1C[C@H]2C[C@H]1C(=O)N1CCN(C(=O)c3ccccc3)C[C@H]1COc1ncccc1C(=O)N2. The summed E-state index contributed by atoms with van der Waals surface area (Å²) < 4.78 is 6.06. The summed E-state index contributed by atoms with van der Waals surface area (Å²) in [6.45, 7) is 7.17. The van der Waals surface area contributed by atoms with Crippen molar-refractivity contribution in [3.8, 4) is 5.88 Å². The van der Waals surface area contributed by atoms with E-state index in [0.29, 0.717) is 49.6 Å². The van der Waals surface area contributed by atoms with Gasteiger partial charge in [0.1, 0.15) is 12.2 Å². The molecule has 0 radical (unpaired) electrons. The summed E-state index contributed by atoms with van der Waals surface area (Å²) in [5.74, 6) is 0.495. The van der Waals surface area contributed by atoms with E-state index >= 15 is 0 Å². The fourth-order valence-corrected chi connectivity index (χ4v) is 5.48. The van der Waals surface area contributed by atoms with E-state index in [4.69, 9.17) is 4.74 Å². The van der Waals surface area contributed by atoms with E-state index in [0.717, 1.165) is 13.0 Å². The van der Waals surface area contributed by atoms with E-state index in [1.54, 1.807) is 35.4 Å². The van der Waals surface area contributed by atoms with Crippen LogP contribution in [0.2, 0.25) is 0 Å². The predicted octanol–water partition coefficient (Wildman–Crippen LogP) is 2.05. The maximum atomic E-state index is 14.0. The molecule has 2 saturated heterocycles. The van der Waals surface area contributed by atoms with Crippen LogP contribution < -0.4 is 10.1 Å². The topological polar surface area (TPSA) is 95.1 Å². The average Bonchev–Trinajstić information content (AvgIpc) is 3.32. The van der Waals surface area contributed by atoms with Gasteiger partial charge in [0.05, 0.1) is 12.1 Å². The van der Waals surface area contributed by atoms with Gasteiger partial charge >= 0.3 is 0 Å². The van der Waals surface area contributed by atoms with Crippen LogP contribution in [-0.4, -0.2) is 94.9 Å². The van der Waals surface area contributed by atoms with Gasteiger partial charge in [0.2, 0.25) is 11.8 Å². The zero-order valence-electron chi connectivity index (χ0n) is 21.5. The Morgan fingerprint density at radius 2 is 1.92 bits per heavy atom. The summed E-state index contributed by atoms with van der Waals surface area (Å²) in [6.07, 6.45) is 3.13. The molecule has 0 spiro atoms. The quantitative estimate of drug-likeness (QED) is 0.684. The van der Waals surface area contributed by atoms with Crippen LogP contribution in [0.5, 0.6) is 5.88 Å². The van der Waals surface area contributed by atoms with Gasteiger partial charge in [-0.05, 0) is 49.6 Å². The Kier molecular flexibility index (Phi) is 7.41. The molecule has 3 atom stereocenters. The van der Waals surface area contributed by atoms with Crippen molar-refractivity contribution in [2.45, 2.75) is 44.8 Å². The van der Waals surface area contributed by atoms with E-state index in [9.17, 15) is 14.4 Å². The largest absolute Gasteiger partial charge is 0.475 e. The molecule has 9 nitrogen and oxygen atoms in total. The molecule has 4 heterocycles. The molecule has 1 aromatic heterocycles. The normalized spacial score (nSPS) is 24.5. The molecule has 2 fully saturated rings. The van der Waals surface area contributed by atoms with Gasteiger partial charge in [-0.15, -0.1) is 0 Å². The average molecular weight is 506 g/mol. The molecule has 5 rings (SSSR count). The molecule has 3 amide bonds. The molecule has 3 aliphatic heterocycles. The smallest absolute Gasteiger partial charge is 0.257 e. The van der Waals surface area contributed by atoms with Crippen LogP contribution in [0, 0.1) is 5.92 Å². The molecule has 0 unspecified atom stereocenters. The first-order valence-corrected chi connectivity index (χ1v) is 13.2. The summed E-state index contributed by atoms with van der Waals surface area (Å²) in [5.41, 5.74) is 1.00. The van der Waals surface area contributed by atoms with Crippen LogP contribution in [0.25, 0.3) is 0 Å². The minimum atomic E-state index is -0.350. The monoisotopic (exact) mass is 505 g/mol. The lowest BCUT2D eigenvalue weighted by molar-refractivity contribution is -0.141. The maximum Gasteiger partial charge on any atom is 0.257 e. The van der Waals surface area contributed by atoms with E-state index < -0.39 is 0 Å².